The van der Waals surface area contributed by atoms with E-state index >= 15 is 0 Å². The van der Waals surface area contributed by atoms with E-state index in [1.807, 2.05) is 12.1 Å². The highest BCUT2D eigenvalue weighted by molar-refractivity contribution is 6.04. The van der Waals surface area contributed by atoms with Gasteiger partial charge in [-0.05, 0) is 43.7 Å². The Balaban J connectivity index is 1.62. The summed E-state index contributed by atoms with van der Waals surface area (Å²) in [5.41, 5.74) is 1.47. The minimum Gasteiger partial charge on any atom is -0.373 e. The largest absolute Gasteiger partial charge is 0.373 e. The summed E-state index contributed by atoms with van der Waals surface area (Å²) < 4.78 is 32.3. The van der Waals surface area contributed by atoms with Crippen molar-refractivity contribution < 1.29 is 18.3 Å². The van der Waals surface area contributed by atoms with Crippen molar-refractivity contribution in [1.82, 2.24) is 4.90 Å². The van der Waals surface area contributed by atoms with Gasteiger partial charge in [-0.3, -0.25) is 9.69 Å². The summed E-state index contributed by atoms with van der Waals surface area (Å²) in [7, 11) is 0. The number of halogens is 2. The van der Waals surface area contributed by atoms with Crippen molar-refractivity contribution in [2.24, 2.45) is 0 Å². The van der Waals surface area contributed by atoms with Gasteiger partial charge in [0.15, 0.2) is 0 Å². The van der Waals surface area contributed by atoms with Crippen molar-refractivity contribution in [2.75, 3.05) is 18.4 Å². The molecule has 1 amide bonds. The third-order valence-corrected chi connectivity index (χ3v) is 4.30. The second kappa shape index (κ2) is 7.93. The Bertz CT molecular complexity index is 770. The molecule has 4 nitrogen and oxygen atoms in total. The summed E-state index contributed by atoms with van der Waals surface area (Å²) in [4.78, 5) is 14.6. The van der Waals surface area contributed by atoms with Crippen LogP contribution in [0.3, 0.4) is 0 Å². The van der Waals surface area contributed by atoms with Crippen LogP contribution in [-0.4, -0.2) is 36.1 Å². The lowest BCUT2D eigenvalue weighted by Crippen LogP contribution is -2.44. The number of nitrogens with zero attached hydrogens (tertiary/aromatic N) is 1. The quantitative estimate of drug-likeness (QED) is 0.901. The molecule has 1 saturated heterocycles. The molecule has 0 aliphatic carbocycles. The molecule has 26 heavy (non-hydrogen) atoms. The smallest absolute Gasteiger partial charge is 0.255 e. The summed E-state index contributed by atoms with van der Waals surface area (Å²) in [5, 5.41) is 2.46. The van der Waals surface area contributed by atoms with E-state index in [1.165, 1.54) is 6.07 Å². The monoisotopic (exact) mass is 360 g/mol. The van der Waals surface area contributed by atoms with Gasteiger partial charge in [0.1, 0.15) is 11.6 Å². The normalized spacial score (nSPS) is 20.8. The third-order valence-electron chi connectivity index (χ3n) is 4.30. The Hall–Kier alpha value is -2.31. The molecule has 1 aliphatic rings. The number of ether oxygens (including phenoxy) is 1. The van der Waals surface area contributed by atoms with Crippen LogP contribution in [0.15, 0.2) is 42.5 Å². The fourth-order valence-electron chi connectivity index (χ4n) is 3.22. The van der Waals surface area contributed by atoms with Crippen LogP contribution in [0.1, 0.15) is 29.8 Å². The van der Waals surface area contributed by atoms with Gasteiger partial charge in [-0.15, -0.1) is 0 Å². The maximum atomic E-state index is 13.6. The van der Waals surface area contributed by atoms with Gasteiger partial charge in [0.25, 0.3) is 5.91 Å². The van der Waals surface area contributed by atoms with Crippen molar-refractivity contribution in [3.8, 4) is 0 Å². The zero-order valence-corrected chi connectivity index (χ0v) is 14.8. The van der Waals surface area contributed by atoms with Gasteiger partial charge in [-0.25, -0.2) is 8.78 Å². The molecule has 138 valence electrons. The molecule has 0 spiro atoms. The first-order valence-corrected chi connectivity index (χ1v) is 8.64. The van der Waals surface area contributed by atoms with E-state index in [2.05, 4.69) is 24.1 Å². The van der Waals surface area contributed by atoms with E-state index in [1.54, 1.807) is 12.1 Å². The maximum Gasteiger partial charge on any atom is 0.255 e. The Kier molecular flexibility index (Phi) is 5.64. The van der Waals surface area contributed by atoms with Crippen molar-refractivity contribution >= 4 is 11.6 Å². The minimum atomic E-state index is -0.800. The standard InChI is InChI=1S/C20H22F2N2O2/c1-13-10-24(11-14(2)26-13)12-15-3-5-16(6-4-15)20(25)23-19-8-7-17(21)9-18(19)22/h3-9,13-14H,10-12H2,1-2H3,(H,23,25). The van der Waals surface area contributed by atoms with Gasteiger partial charge in [0.05, 0.1) is 17.9 Å². The van der Waals surface area contributed by atoms with Gasteiger partial charge in [-0.1, -0.05) is 12.1 Å². The van der Waals surface area contributed by atoms with Crippen LogP contribution < -0.4 is 5.32 Å². The second-order valence-corrected chi connectivity index (χ2v) is 6.73. The van der Waals surface area contributed by atoms with Crippen molar-refractivity contribution in [1.29, 1.82) is 0 Å². The number of rotatable bonds is 4. The van der Waals surface area contributed by atoms with E-state index in [0.717, 1.165) is 37.3 Å². The number of amides is 1. The van der Waals surface area contributed by atoms with Gasteiger partial charge in [-0.2, -0.15) is 0 Å². The average molecular weight is 360 g/mol. The zero-order valence-electron chi connectivity index (χ0n) is 14.8. The molecular formula is C20H22F2N2O2. The van der Waals surface area contributed by atoms with Crippen LogP contribution in [0.2, 0.25) is 0 Å². The molecule has 1 N–H and O–H groups in total. The molecule has 1 aliphatic heterocycles. The van der Waals surface area contributed by atoms with E-state index in [-0.39, 0.29) is 17.9 Å². The third kappa shape index (κ3) is 4.65. The summed E-state index contributed by atoms with van der Waals surface area (Å²) in [5.74, 6) is -1.92. The number of nitrogens with one attached hydrogen (secondary N) is 1. The second-order valence-electron chi connectivity index (χ2n) is 6.73. The molecule has 1 fully saturated rings. The van der Waals surface area contributed by atoms with Gasteiger partial charge in [0.2, 0.25) is 0 Å². The molecule has 0 saturated carbocycles. The molecule has 2 aromatic carbocycles. The van der Waals surface area contributed by atoms with Crippen LogP contribution in [0, 0.1) is 11.6 Å². The fraction of sp³-hybridized carbons (Fsp3) is 0.350. The summed E-state index contributed by atoms with van der Waals surface area (Å²) in [6.45, 7) is 6.65. The fourth-order valence-corrected chi connectivity index (χ4v) is 3.22. The van der Waals surface area contributed by atoms with Crippen molar-refractivity contribution in [3.63, 3.8) is 0 Å². The molecule has 6 heteroatoms. The molecular weight excluding hydrogens is 338 g/mol. The summed E-state index contributed by atoms with van der Waals surface area (Å²) in [6, 6.07) is 10.2. The predicted molar refractivity (Wildman–Crippen MR) is 96.0 cm³/mol. The first kappa shape index (κ1) is 18.5. The number of carbonyl (C=O) groups excluding carboxylic acids is 1. The van der Waals surface area contributed by atoms with Crippen molar-refractivity contribution in [3.05, 3.63) is 65.2 Å². The maximum absolute atomic E-state index is 13.6. The molecule has 0 aromatic heterocycles. The van der Waals surface area contributed by atoms with E-state index in [4.69, 9.17) is 4.74 Å². The van der Waals surface area contributed by atoms with Crippen LogP contribution in [-0.2, 0) is 11.3 Å². The highest BCUT2D eigenvalue weighted by atomic mass is 19.1. The molecule has 2 aromatic rings. The van der Waals surface area contributed by atoms with Crippen LogP contribution in [0.4, 0.5) is 14.5 Å². The Morgan fingerprint density at radius 1 is 1.12 bits per heavy atom. The molecule has 0 radical (unpaired) electrons. The Morgan fingerprint density at radius 3 is 2.38 bits per heavy atom. The summed E-state index contributed by atoms with van der Waals surface area (Å²) in [6.07, 6.45) is 0.406. The molecule has 3 rings (SSSR count). The average Bonchev–Trinajstić information content (AvgIpc) is 2.57. The van der Waals surface area contributed by atoms with Gasteiger partial charge in [0, 0.05) is 31.3 Å². The SMILES string of the molecule is CC1CN(Cc2ccc(C(=O)Nc3ccc(F)cc3F)cc2)CC(C)O1. The zero-order chi connectivity index (χ0) is 18.7. The first-order valence-electron chi connectivity index (χ1n) is 8.64. The van der Waals surface area contributed by atoms with E-state index < -0.39 is 17.5 Å². The van der Waals surface area contributed by atoms with E-state index in [0.29, 0.717) is 5.56 Å². The number of carbonyl (C=O) groups is 1. The van der Waals surface area contributed by atoms with Crippen LogP contribution in [0.5, 0.6) is 0 Å². The Morgan fingerprint density at radius 2 is 1.77 bits per heavy atom. The van der Waals surface area contributed by atoms with Crippen LogP contribution in [0.25, 0.3) is 0 Å². The first-order chi connectivity index (χ1) is 12.4. The predicted octanol–water partition coefficient (Wildman–Crippen LogP) is 3.83. The number of morpholine rings is 1. The highest BCUT2D eigenvalue weighted by Crippen LogP contribution is 2.18. The molecule has 2 atom stereocenters. The topological polar surface area (TPSA) is 41.6 Å². The van der Waals surface area contributed by atoms with Crippen LogP contribution >= 0.6 is 0 Å². The lowest BCUT2D eigenvalue weighted by Gasteiger charge is -2.35. The van der Waals surface area contributed by atoms with Gasteiger partial charge >= 0.3 is 0 Å². The van der Waals surface area contributed by atoms with Gasteiger partial charge < -0.3 is 10.1 Å². The molecule has 1 heterocycles. The number of hydrogen-bond acceptors (Lipinski definition) is 3. The summed E-state index contributed by atoms with van der Waals surface area (Å²) >= 11 is 0. The van der Waals surface area contributed by atoms with Crippen molar-refractivity contribution in [2.45, 2.75) is 32.6 Å². The highest BCUT2D eigenvalue weighted by Gasteiger charge is 2.22. The number of hydrogen-bond donors (Lipinski definition) is 1. The lowest BCUT2D eigenvalue weighted by molar-refractivity contribution is -0.0704. The van der Waals surface area contributed by atoms with E-state index in [9.17, 15) is 13.6 Å². The number of benzene rings is 2. The Labute approximate surface area is 151 Å². The minimum absolute atomic E-state index is 0.0447. The lowest BCUT2D eigenvalue weighted by atomic mass is 10.1. The number of anilines is 1. The molecule has 0 bridgehead atoms. The molecule has 2 unspecified atom stereocenters.